The van der Waals surface area contributed by atoms with E-state index in [1.165, 1.54) is 0 Å². The molecule has 1 amide bonds. The Morgan fingerprint density at radius 2 is 2.24 bits per heavy atom. The van der Waals surface area contributed by atoms with Gasteiger partial charge in [-0.05, 0) is 19.1 Å². The number of hydrogen-bond donors (Lipinski definition) is 1. The van der Waals surface area contributed by atoms with Crippen molar-refractivity contribution >= 4 is 16.8 Å². The summed E-state index contributed by atoms with van der Waals surface area (Å²) < 4.78 is 0. The molecule has 2 aromatic rings. The Morgan fingerprint density at radius 3 is 3.00 bits per heavy atom. The van der Waals surface area contributed by atoms with Crippen LogP contribution in [0, 0.1) is 6.92 Å². The molecule has 0 bridgehead atoms. The van der Waals surface area contributed by atoms with Gasteiger partial charge >= 0.3 is 0 Å². The van der Waals surface area contributed by atoms with Gasteiger partial charge in [-0.1, -0.05) is 24.3 Å². The topological polar surface area (TPSA) is 42.0 Å². The minimum atomic E-state index is -0.0911. The first kappa shape index (κ1) is 11.3. The first-order valence-electron chi connectivity index (χ1n) is 5.48. The van der Waals surface area contributed by atoms with E-state index < -0.39 is 0 Å². The summed E-state index contributed by atoms with van der Waals surface area (Å²) in [5.41, 5.74) is 2.35. The van der Waals surface area contributed by atoms with Gasteiger partial charge in [0.05, 0.1) is 11.1 Å². The zero-order chi connectivity index (χ0) is 12.3. The molecule has 0 saturated heterocycles. The Bertz CT molecular complexity index is 575. The molecule has 0 atom stereocenters. The van der Waals surface area contributed by atoms with E-state index in [4.69, 9.17) is 0 Å². The van der Waals surface area contributed by atoms with Gasteiger partial charge in [0.2, 0.25) is 0 Å². The number of nitrogens with zero attached hydrogens (tertiary/aromatic N) is 1. The van der Waals surface area contributed by atoms with E-state index in [1.807, 2.05) is 31.2 Å². The van der Waals surface area contributed by atoms with Crippen LogP contribution in [0.4, 0.5) is 0 Å². The van der Waals surface area contributed by atoms with Crippen molar-refractivity contribution in [3.8, 4) is 0 Å². The lowest BCUT2D eigenvalue weighted by molar-refractivity contribution is 0.0959. The van der Waals surface area contributed by atoms with Crippen molar-refractivity contribution in [2.45, 2.75) is 6.92 Å². The quantitative estimate of drug-likeness (QED) is 0.817. The molecule has 3 heteroatoms. The number of fused-ring (bicyclic) bond motifs is 1. The van der Waals surface area contributed by atoms with Gasteiger partial charge in [0.25, 0.3) is 5.91 Å². The normalized spacial score (nSPS) is 10.2. The molecule has 0 saturated carbocycles. The summed E-state index contributed by atoms with van der Waals surface area (Å²) in [5.74, 6) is -0.0911. The Morgan fingerprint density at radius 1 is 1.47 bits per heavy atom. The maximum Gasteiger partial charge on any atom is 0.252 e. The number of nitrogens with one attached hydrogen (secondary N) is 1. The van der Waals surface area contributed by atoms with Crippen molar-refractivity contribution < 1.29 is 4.79 Å². The standard InChI is InChI=1S/C14H14N2O/c1-3-8-15-14(17)12-9-10(2)16-13-7-5-4-6-11(12)13/h3-7,9H,1,8H2,2H3,(H,15,17). The highest BCUT2D eigenvalue weighted by Crippen LogP contribution is 2.17. The van der Waals surface area contributed by atoms with Gasteiger partial charge < -0.3 is 5.32 Å². The summed E-state index contributed by atoms with van der Waals surface area (Å²) in [6.07, 6.45) is 1.66. The van der Waals surface area contributed by atoms with Crippen molar-refractivity contribution in [2.24, 2.45) is 0 Å². The second-order valence-electron chi connectivity index (χ2n) is 3.83. The third-order valence-electron chi connectivity index (χ3n) is 2.50. The first-order chi connectivity index (χ1) is 8.22. The number of amides is 1. The number of carbonyl (C=O) groups is 1. The zero-order valence-corrected chi connectivity index (χ0v) is 9.73. The zero-order valence-electron chi connectivity index (χ0n) is 9.73. The summed E-state index contributed by atoms with van der Waals surface area (Å²) in [4.78, 5) is 16.4. The molecule has 0 aliphatic heterocycles. The Kier molecular flexibility index (Phi) is 3.19. The molecule has 0 aliphatic rings. The molecule has 1 aromatic carbocycles. The SMILES string of the molecule is C=CCNC(=O)c1cc(C)nc2ccccc12. The maximum atomic E-state index is 12.0. The van der Waals surface area contributed by atoms with Gasteiger partial charge in [-0.3, -0.25) is 9.78 Å². The minimum Gasteiger partial charge on any atom is -0.349 e. The van der Waals surface area contributed by atoms with Crippen LogP contribution in [0.3, 0.4) is 0 Å². The number of carbonyl (C=O) groups excluding carboxylic acids is 1. The van der Waals surface area contributed by atoms with Gasteiger partial charge in [0.15, 0.2) is 0 Å². The summed E-state index contributed by atoms with van der Waals surface area (Å²) in [5, 5.41) is 3.66. The summed E-state index contributed by atoms with van der Waals surface area (Å²) in [6, 6.07) is 9.45. The molecular weight excluding hydrogens is 212 g/mol. The van der Waals surface area contributed by atoms with Gasteiger partial charge in [-0.25, -0.2) is 0 Å². The van der Waals surface area contributed by atoms with Gasteiger partial charge in [0.1, 0.15) is 0 Å². The molecule has 1 heterocycles. The molecule has 1 aromatic heterocycles. The molecule has 86 valence electrons. The van der Waals surface area contributed by atoms with Crippen LogP contribution < -0.4 is 5.32 Å². The highest BCUT2D eigenvalue weighted by molar-refractivity contribution is 6.06. The maximum absolute atomic E-state index is 12.0. The lowest BCUT2D eigenvalue weighted by atomic mass is 10.1. The van der Waals surface area contributed by atoms with Crippen LogP contribution in [0.1, 0.15) is 16.1 Å². The summed E-state index contributed by atoms with van der Waals surface area (Å²) >= 11 is 0. The van der Waals surface area contributed by atoms with Crippen molar-refractivity contribution in [3.05, 3.63) is 54.2 Å². The van der Waals surface area contributed by atoms with Crippen LogP contribution in [0.25, 0.3) is 10.9 Å². The average molecular weight is 226 g/mol. The predicted octanol–water partition coefficient (Wildman–Crippen LogP) is 2.46. The number of aromatic nitrogens is 1. The Hall–Kier alpha value is -2.16. The Balaban J connectivity index is 2.51. The summed E-state index contributed by atoms with van der Waals surface area (Å²) in [7, 11) is 0. The number of benzene rings is 1. The van der Waals surface area contributed by atoms with Crippen LogP contribution >= 0.6 is 0 Å². The van der Waals surface area contributed by atoms with E-state index in [2.05, 4.69) is 16.9 Å². The number of rotatable bonds is 3. The van der Waals surface area contributed by atoms with E-state index in [0.717, 1.165) is 16.6 Å². The highest BCUT2D eigenvalue weighted by atomic mass is 16.1. The van der Waals surface area contributed by atoms with Crippen LogP contribution in [0.2, 0.25) is 0 Å². The number of pyridine rings is 1. The molecule has 0 fully saturated rings. The van der Waals surface area contributed by atoms with E-state index in [9.17, 15) is 4.79 Å². The molecule has 0 aliphatic carbocycles. The fourth-order valence-corrected chi connectivity index (χ4v) is 1.76. The molecule has 2 rings (SSSR count). The van der Waals surface area contributed by atoms with Crippen molar-refractivity contribution in [2.75, 3.05) is 6.54 Å². The summed E-state index contributed by atoms with van der Waals surface area (Å²) in [6.45, 7) is 5.93. The highest BCUT2D eigenvalue weighted by Gasteiger charge is 2.10. The van der Waals surface area contributed by atoms with Crippen LogP contribution in [-0.4, -0.2) is 17.4 Å². The molecule has 0 radical (unpaired) electrons. The lowest BCUT2D eigenvalue weighted by Crippen LogP contribution is -2.23. The lowest BCUT2D eigenvalue weighted by Gasteiger charge is -2.07. The fourth-order valence-electron chi connectivity index (χ4n) is 1.76. The molecule has 0 unspecified atom stereocenters. The molecular formula is C14H14N2O. The van der Waals surface area contributed by atoms with Crippen molar-refractivity contribution in [3.63, 3.8) is 0 Å². The fraction of sp³-hybridized carbons (Fsp3) is 0.143. The third-order valence-corrected chi connectivity index (χ3v) is 2.50. The second-order valence-corrected chi connectivity index (χ2v) is 3.83. The van der Waals surface area contributed by atoms with Crippen LogP contribution in [0.5, 0.6) is 0 Å². The van der Waals surface area contributed by atoms with E-state index in [1.54, 1.807) is 12.1 Å². The molecule has 3 nitrogen and oxygen atoms in total. The van der Waals surface area contributed by atoms with Gasteiger partial charge in [0, 0.05) is 17.6 Å². The largest absolute Gasteiger partial charge is 0.349 e. The minimum absolute atomic E-state index is 0.0911. The smallest absolute Gasteiger partial charge is 0.252 e. The van der Waals surface area contributed by atoms with Crippen molar-refractivity contribution in [1.29, 1.82) is 0 Å². The third kappa shape index (κ3) is 2.33. The number of hydrogen-bond acceptors (Lipinski definition) is 2. The first-order valence-corrected chi connectivity index (χ1v) is 5.48. The predicted molar refractivity (Wildman–Crippen MR) is 69.0 cm³/mol. The van der Waals surface area contributed by atoms with E-state index in [0.29, 0.717) is 12.1 Å². The Labute approximate surface area is 100 Å². The van der Waals surface area contributed by atoms with Crippen molar-refractivity contribution in [1.82, 2.24) is 10.3 Å². The monoisotopic (exact) mass is 226 g/mol. The van der Waals surface area contributed by atoms with Crippen LogP contribution in [0.15, 0.2) is 43.0 Å². The molecule has 17 heavy (non-hydrogen) atoms. The van der Waals surface area contributed by atoms with E-state index >= 15 is 0 Å². The van der Waals surface area contributed by atoms with Crippen LogP contribution in [-0.2, 0) is 0 Å². The average Bonchev–Trinajstić information content (AvgIpc) is 2.34. The van der Waals surface area contributed by atoms with E-state index in [-0.39, 0.29) is 5.91 Å². The van der Waals surface area contributed by atoms with Gasteiger partial charge in [-0.2, -0.15) is 0 Å². The number of aryl methyl sites for hydroxylation is 1. The number of para-hydroxylation sites is 1. The molecule has 1 N–H and O–H groups in total. The molecule has 0 spiro atoms. The van der Waals surface area contributed by atoms with Gasteiger partial charge in [-0.15, -0.1) is 6.58 Å². The second kappa shape index (κ2) is 4.78.